The van der Waals surface area contributed by atoms with Gasteiger partial charge in [-0.05, 0) is 37.0 Å². The number of benzene rings is 1. The van der Waals surface area contributed by atoms with E-state index in [9.17, 15) is 0 Å². The monoisotopic (exact) mass is 330 g/mol. The third-order valence-corrected chi connectivity index (χ3v) is 5.69. The number of anilines is 2. The van der Waals surface area contributed by atoms with E-state index in [0.29, 0.717) is 0 Å². The third-order valence-electron chi connectivity index (χ3n) is 5.33. The van der Waals surface area contributed by atoms with Gasteiger partial charge in [0.25, 0.3) is 0 Å². The predicted molar refractivity (Wildman–Crippen MR) is 95.7 cm³/mol. The fourth-order valence-electron chi connectivity index (χ4n) is 3.78. The summed E-state index contributed by atoms with van der Waals surface area (Å²) in [5, 5.41) is 9.12. The van der Waals surface area contributed by atoms with Gasteiger partial charge in [0.15, 0.2) is 0 Å². The molecular formula is C18H23ClN4. The molecule has 4 nitrogen and oxygen atoms in total. The van der Waals surface area contributed by atoms with Crippen LogP contribution in [0.2, 0.25) is 5.02 Å². The van der Waals surface area contributed by atoms with Crippen molar-refractivity contribution in [2.45, 2.75) is 37.6 Å². The normalized spacial score (nSPS) is 18.7. The molecule has 1 aromatic heterocycles. The number of hydrogen-bond acceptors (Lipinski definition) is 3. The lowest BCUT2D eigenvalue weighted by Crippen LogP contribution is -2.36. The predicted octanol–water partition coefficient (Wildman–Crippen LogP) is 3.89. The maximum absolute atomic E-state index is 6.72. The maximum Gasteiger partial charge on any atom is 0.143 e. The highest BCUT2D eigenvalue weighted by atomic mass is 35.5. The second-order valence-electron chi connectivity index (χ2n) is 6.89. The molecule has 1 N–H and O–H groups in total. The van der Waals surface area contributed by atoms with Crippen molar-refractivity contribution in [2.75, 3.05) is 30.9 Å². The van der Waals surface area contributed by atoms with Crippen molar-refractivity contribution in [3.8, 4) is 0 Å². The van der Waals surface area contributed by atoms with Gasteiger partial charge in [-0.1, -0.05) is 30.2 Å². The highest BCUT2D eigenvalue weighted by Gasteiger charge is 2.45. The first-order chi connectivity index (χ1) is 11.1. The summed E-state index contributed by atoms with van der Waals surface area (Å²) in [4.78, 5) is 2.13. The summed E-state index contributed by atoms with van der Waals surface area (Å²) in [5.74, 6) is 1.00. The fraction of sp³-hybridized carbons (Fsp3) is 0.500. The number of hydrogen-bond donors (Lipinski definition) is 1. The molecule has 0 saturated heterocycles. The molecule has 5 heteroatoms. The first-order valence-corrected chi connectivity index (χ1v) is 8.78. The van der Waals surface area contributed by atoms with Gasteiger partial charge in [-0.15, -0.1) is 0 Å². The molecule has 0 radical (unpaired) electrons. The lowest BCUT2D eigenvalue weighted by Gasteiger charge is -2.41. The Balaban J connectivity index is 1.77. The summed E-state index contributed by atoms with van der Waals surface area (Å²) < 4.78 is 2.05. The minimum absolute atomic E-state index is 0.00601. The van der Waals surface area contributed by atoms with Crippen LogP contribution in [0.25, 0.3) is 0 Å². The van der Waals surface area contributed by atoms with E-state index in [1.165, 1.54) is 17.7 Å². The summed E-state index contributed by atoms with van der Waals surface area (Å²) in [6, 6.07) is 8.88. The fourth-order valence-corrected chi connectivity index (χ4v) is 4.17. The molecule has 1 aliphatic carbocycles. The summed E-state index contributed by atoms with van der Waals surface area (Å²) in [5.41, 5.74) is 3.62. The molecule has 2 aliphatic rings. The molecule has 0 spiro atoms. The highest BCUT2D eigenvalue weighted by molar-refractivity contribution is 6.33. The van der Waals surface area contributed by atoms with Gasteiger partial charge in [0.05, 0.1) is 5.69 Å². The van der Waals surface area contributed by atoms with Gasteiger partial charge in [0, 0.05) is 38.3 Å². The Morgan fingerprint density at radius 1 is 1.17 bits per heavy atom. The van der Waals surface area contributed by atoms with Crippen LogP contribution in [0, 0.1) is 0 Å². The van der Waals surface area contributed by atoms with Crippen LogP contribution in [0.1, 0.15) is 36.9 Å². The van der Waals surface area contributed by atoms with E-state index in [4.69, 9.17) is 16.7 Å². The van der Waals surface area contributed by atoms with Crippen LogP contribution in [-0.2, 0) is 12.0 Å². The Bertz CT molecular complexity index is 713. The number of nitrogens with zero attached hydrogens (tertiary/aromatic N) is 3. The molecule has 4 rings (SSSR count). The van der Waals surface area contributed by atoms with Crippen LogP contribution in [0.3, 0.4) is 0 Å². The van der Waals surface area contributed by atoms with Crippen LogP contribution in [0.4, 0.5) is 11.5 Å². The molecule has 1 fully saturated rings. The third kappa shape index (κ3) is 2.23. The molecule has 0 amide bonds. The summed E-state index contributed by atoms with van der Waals surface area (Å²) in [7, 11) is 4.14. The van der Waals surface area contributed by atoms with Crippen LogP contribution in [-0.4, -0.2) is 30.4 Å². The molecule has 1 aromatic carbocycles. The summed E-state index contributed by atoms with van der Waals surface area (Å²) in [6.07, 6.45) is 4.60. The zero-order valence-electron chi connectivity index (χ0n) is 13.8. The second-order valence-corrected chi connectivity index (χ2v) is 7.27. The van der Waals surface area contributed by atoms with E-state index in [1.54, 1.807) is 0 Å². The largest absolute Gasteiger partial charge is 0.378 e. The number of rotatable bonds is 3. The zero-order valence-corrected chi connectivity index (χ0v) is 14.5. The molecule has 1 aliphatic heterocycles. The van der Waals surface area contributed by atoms with Gasteiger partial charge < -0.3 is 10.2 Å². The Morgan fingerprint density at radius 2 is 1.91 bits per heavy atom. The molecule has 2 heterocycles. The van der Waals surface area contributed by atoms with E-state index in [1.807, 2.05) is 0 Å². The first kappa shape index (κ1) is 14.9. The minimum atomic E-state index is -0.00601. The van der Waals surface area contributed by atoms with E-state index >= 15 is 0 Å². The van der Waals surface area contributed by atoms with Crippen LogP contribution in [0.5, 0.6) is 0 Å². The van der Waals surface area contributed by atoms with E-state index in [2.05, 4.69) is 53.3 Å². The molecule has 0 unspecified atom stereocenters. The number of nitrogens with one attached hydrogen (secondary N) is 1. The number of fused-ring (bicyclic) bond motifs is 1. The van der Waals surface area contributed by atoms with Crippen molar-refractivity contribution < 1.29 is 0 Å². The van der Waals surface area contributed by atoms with Crippen molar-refractivity contribution in [2.24, 2.45) is 0 Å². The highest BCUT2D eigenvalue weighted by Crippen LogP contribution is 2.52. The van der Waals surface area contributed by atoms with E-state index in [-0.39, 0.29) is 5.41 Å². The molecular weight excluding hydrogens is 308 g/mol. The molecule has 2 aromatic rings. The lowest BCUT2D eigenvalue weighted by atomic mass is 9.62. The van der Waals surface area contributed by atoms with E-state index < -0.39 is 0 Å². The average Bonchev–Trinajstić information content (AvgIpc) is 2.85. The number of halogens is 1. The Labute approximate surface area is 142 Å². The first-order valence-electron chi connectivity index (χ1n) is 8.40. The van der Waals surface area contributed by atoms with Crippen molar-refractivity contribution in [1.82, 2.24) is 9.78 Å². The zero-order chi connectivity index (χ0) is 16.0. The standard InChI is InChI=1S/C18H23ClN4/c1-22(2)14-7-5-13(6-8-14)18(9-3-10-18)16-15(19)17-20-11-4-12-23(17)21-16/h5-8,20H,3-4,9-12H2,1-2H3. The van der Waals surface area contributed by atoms with Crippen molar-refractivity contribution >= 4 is 23.1 Å². The Morgan fingerprint density at radius 3 is 2.48 bits per heavy atom. The van der Waals surface area contributed by atoms with E-state index in [0.717, 1.165) is 48.9 Å². The lowest BCUT2D eigenvalue weighted by molar-refractivity contribution is 0.291. The molecule has 122 valence electrons. The second kappa shape index (κ2) is 5.45. The Kier molecular flexibility index (Phi) is 3.52. The minimum Gasteiger partial charge on any atom is -0.378 e. The summed E-state index contributed by atoms with van der Waals surface area (Å²) >= 11 is 6.72. The SMILES string of the molecule is CN(C)c1ccc(C2(c3nn4c(c3Cl)NCCC4)CCC2)cc1. The van der Waals surface area contributed by atoms with Crippen LogP contribution in [0.15, 0.2) is 24.3 Å². The van der Waals surface area contributed by atoms with Gasteiger partial charge >= 0.3 is 0 Å². The van der Waals surface area contributed by atoms with Crippen molar-refractivity contribution in [3.63, 3.8) is 0 Å². The van der Waals surface area contributed by atoms with Gasteiger partial charge in [0.1, 0.15) is 10.8 Å². The van der Waals surface area contributed by atoms with Gasteiger partial charge in [-0.25, -0.2) is 4.68 Å². The topological polar surface area (TPSA) is 33.1 Å². The smallest absolute Gasteiger partial charge is 0.143 e. The maximum atomic E-state index is 6.72. The summed E-state index contributed by atoms with van der Waals surface area (Å²) in [6.45, 7) is 1.94. The molecule has 1 saturated carbocycles. The Hall–Kier alpha value is -1.68. The molecule has 0 atom stereocenters. The van der Waals surface area contributed by atoms with Crippen LogP contribution >= 0.6 is 11.6 Å². The van der Waals surface area contributed by atoms with Gasteiger partial charge in [0.2, 0.25) is 0 Å². The quantitative estimate of drug-likeness (QED) is 0.927. The molecule has 23 heavy (non-hydrogen) atoms. The average molecular weight is 331 g/mol. The van der Waals surface area contributed by atoms with Crippen LogP contribution < -0.4 is 10.2 Å². The van der Waals surface area contributed by atoms with Gasteiger partial charge in [-0.2, -0.15) is 5.10 Å². The number of aromatic nitrogens is 2. The number of aryl methyl sites for hydroxylation is 1. The van der Waals surface area contributed by atoms with Gasteiger partial charge in [-0.3, -0.25) is 0 Å². The molecule has 0 bridgehead atoms. The van der Waals surface area contributed by atoms with Crippen molar-refractivity contribution in [3.05, 3.63) is 40.5 Å². The van der Waals surface area contributed by atoms with Crippen molar-refractivity contribution in [1.29, 1.82) is 0 Å².